The summed E-state index contributed by atoms with van der Waals surface area (Å²) in [6.45, 7) is 1.49. The summed E-state index contributed by atoms with van der Waals surface area (Å²) in [5, 5.41) is 24.3. The highest BCUT2D eigenvalue weighted by molar-refractivity contribution is 6.31. The van der Waals surface area contributed by atoms with Crippen LogP contribution in [0.2, 0.25) is 5.02 Å². The van der Waals surface area contributed by atoms with Gasteiger partial charge in [0.15, 0.2) is 17.5 Å². The molecule has 8 nitrogen and oxygen atoms in total. The molecule has 0 bridgehead atoms. The van der Waals surface area contributed by atoms with Crippen molar-refractivity contribution in [3.8, 4) is 11.4 Å². The molecule has 0 spiro atoms. The number of aliphatic hydroxyl groups is 1. The number of nitrogens with zero attached hydrogens (tertiary/aromatic N) is 3. The standard InChI is InChI=1S/C20H21ClFN5O3/c1-10(19(28)29)20(30)4-2-3-12(6-20)26-18-15(22)9-25-17(27-18)14-8-24-16-13(14)5-11(21)7-23-16/h5,7-10,12,30H,2-4,6H2,1H3,(H,23,24)(H,28,29)(H,25,26,27)/t10?,12-,20+/m0/s1. The van der Waals surface area contributed by atoms with Gasteiger partial charge in [-0.3, -0.25) is 4.79 Å². The summed E-state index contributed by atoms with van der Waals surface area (Å²) in [7, 11) is 0. The second-order valence-electron chi connectivity index (χ2n) is 7.74. The summed E-state index contributed by atoms with van der Waals surface area (Å²) in [4.78, 5) is 27.0. The molecule has 1 saturated carbocycles. The number of nitrogens with one attached hydrogen (secondary N) is 2. The van der Waals surface area contributed by atoms with E-state index in [0.29, 0.717) is 46.7 Å². The van der Waals surface area contributed by atoms with Crippen LogP contribution in [0.15, 0.2) is 24.7 Å². The van der Waals surface area contributed by atoms with E-state index in [1.807, 2.05) is 0 Å². The highest BCUT2D eigenvalue weighted by Gasteiger charge is 2.42. The van der Waals surface area contributed by atoms with E-state index in [1.54, 1.807) is 12.3 Å². The van der Waals surface area contributed by atoms with E-state index in [9.17, 15) is 19.4 Å². The van der Waals surface area contributed by atoms with Crippen molar-refractivity contribution in [2.24, 2.45) is 5.92 Å². The summed E-state index contributed by atoms with van der Waals surface area (Å²) in [6, 6.07) is 1.41. The molecule has 3 atom stereocenters. The van der Waals surface area contributed by atoms with Crippen LogP contribution in [0.4, 0.5) is 10.2 Å². The minimum atomic E-state index is -1.35. The summed E-state index contributed by atoms with van der Waals surface area (Å²) in [5.74, 6) is -2.31. The van der Waals surface area contributed by atoms with Crippen LogP contribution in [0.1, 0.15) is 32.6 Å². The maximum atomic E-state index is 14.4. The second-order valence-corrected chi connectivity index (χ2v) is 8.18. The van der Waals surface area contributed by atoms with Crippen LogP contribution >= 0.6 is 11.6 Å². The number of H-pyrrole nitrogens is 1. The molecule has 0 saturated heterocycles. The molecule has 0 radical (unpaired) electrons. The van der Waals surface area contributed by atoms with E-state index in [4.69, 9.17) is 11.6 Å². The number of aromatic amines is 1. The van der Waals surface area contributed by atoms with Crippen LogP contribution in [0, 0.1) is 11.7 Å². The Balaban J connectivity index is 1.61. The Kier molecular flexibility index (Phi) is 5.33. The SMILES string of the molecule is CC(C(=O)O)[C@@]1(O)CCC[C@H](Nc2nc(-c3c[nH]c4ncc(Cl)cc34)ncc2F)C1. The predicted molar refractivity (Wildman–Crippen MR) is 110 cm³/mol. The summed E-state index contributed by atoms with van der Waals surface area (Å²) >= 11 is 6.04. The highest BCUT2D eigenvalue weighted by Crippen LogP contribution is 2.36. The van der Waals surface area contributed by atoms with Crippen LogP contribution < -0.4 is 5.32 Å². The van der Waals surface area contributed by atoms with Crippen LogP contribution in [0.25, 0.3) is 22.4 Å². The maximum absolute atomic E-state index is 14.4. The topological polar surface area (TPSA) is 124 Å². The smallest absolute Gasteiger partial charge is 0.309 e. The first-order valence-corrected chi connectivity index (χ1v) is 10.0. The fourth-order valence-electron chi connectivity index (χ4n) is 3.99. The van der Waals surface area contributed by atoms with Gasteiger partial charge in [0, 0.05) is 29.4 Å². The Morgan fingerprint density at radius 1 is 1.43 bits per heavy atom. The number of carboxylic acid groups (broad SMARTS) is 1. The van der Waals surface area contributed by atoms with Crippen molar-refractivity contribution in [1.82, 2.24) is 19.9 Å². The molecule has 1 aliphatic carbocycles. The van der Waals surface area contributed by atoms with Gasteiger partial charge in [-0.05, 0) is 38.7 Å². The highest BCUT2D eigenvalue weighted by atomic mass is 35.5. The Labute approximate surface area is 176 Å². The van der Waals surface area contributed by atoms with Gasteiger partial charge in [0.25, 0.3) is 0 Å². The Morgan fingerprint density at radius 3 is 3.00 bits per heavy atom. The van der Waals surface area contributed by atoms with E-state index in [1.165, 1.54) is 13.1 Å². The fourth-order valence-corrected chi connectivity index (χ4v) is 4.14. The first-order chi connectivity index (χ1) is 14.3. The zero-order valence-corrected chi connectivity index (χ0v) is 16.9. The lowest BCUT2D eigenvalue weighted by Crippen LogP contribution is -2.47. The molecule has 1 unspecified atom stereocenters. The Morgan fingerprint density at radius 2 is 2.23 bits per heavy atom. The van der Waals surface area contributed by atoms with E-state index in [-0.39, 0.29) is 18.3 Å². The van der Waals surface area contributed by atoms with Gasteiger partial charge < -0.3 is 20.5 Å². The minimum absolute atomic E-state index is 0.00145. The molecule has 4 rings (SSSR count). The number of rotatable bonds is 5. The number of pyridine rings is 1. The Bertz CT molecular complexity index is 1110. The van der Waals surface area contributed by atoms with Gasteiger partial charge in [0.05, 0.1) is 22.7 Å². The second kappa shape index (κ2) is 7.81. The molecule has 3 heterocycles. The zero-order chi connectivity index (χ0) is 21.5. The third kappa shape index (κ3) is 3.82. The van der Waals surface area contributed by atoms with Gasteiger partial charge in [0.1, 0.15) is 5.65 Å². The molecule has 3 aromatic rings. The average molecular weight is 434 g/mol. The van der Waals surface area contributed by atoms with E-state index < -0.39 is 23.3 Å². The molecular formula is C20H21ClFN5O3. The summed E-state index contributed by atoms with van der Waals surface area (Å²) < 4.78 is 14.4. The van der Waals surface area contributed by atoms with E-state index >= 15 is 0 Å². The van der Waals surface area contributed by atoms with Gasteiger partial charge in [0.2, 0.25) is 0 Å². The monoisotopic (exact) mass is 433 g/mol. The fraction of sp³-hybridized carbons (Fsp3) is 0.400. The van der Waals surface area contributed by atoms with Crippen LogP contribution in [0.3, 0.4) is 0 Å². The van der Waals surface area contributed by atoms with E-state index in [2.05, 4.69) is 25.3 Å². The zero-order valence-electron chi connectivity index (χ0n) is 16.2. The molecule has 0 amide bonds. The van der Waals surface area contributed by atoms with Gasteiger partial charge in [-0.1, -0.05) is 11.6 Å². The van der Waals surface area contributed by atoms with Gasteiger partial charge in [-0.2, -0.15) is 0 Å². The van der Waals surface area contributed by atoms with Crippen LogP contribution in [0.5, 0.6) is 0 Å². The molecule has 0 aliphatic heterocycles. The van der Waals surface area contributed by atoms with E-state index in [0.717, 1.165) is 6.20 Å². The van der Waals surface area contributed by atoms with Gasteiger partial charge in [-0.25, -0.2) is 19.3 Å². The molecule has 4 N–H and O–H groups in total. The number of halogens is 2. The number of anilines is 1. The first-order valence-electron chi connectivity index (χ1n) is 9.64. The van der Waals surface area contributed by atoms with Gasteiger partial charge >= 0.3 is 5.97 Å². The average Bonchev–Trinajstić information content (AvgIpc) is 3.12. The number of aromatic nitrogens is 4. The number of carbonyl (C=O) groups is 1. The molecule has 0 aromatic carbocycles. The molecule has 1 fully saturated rings. The third-order valence-electron chi connectivity index (χ3n) is 5.76. The summed E-state index contributed by atoms with van der Waals surface area (Å²) in [5.41, 5.74) is -0.118. The molecule has 1 aliphatic rings. The molecule has 158 valence electrons. The van der Waals surface area contributed by atoms with Crippen molar-refractivity contribution in [3.63, 3.8) is 0 Å². The quantitative estimate of drug-likeness (QED) is 0.484. The molecule has 3 aromatic heterocycles. The number of hydrogen-bond acceptors (Lipinski definition) is 6. The van der Waals surface area contributed by atoms with Crippen molar-refractivity contribution in [2.45, 2.75) is 44.2 Å². The lowest BCUT2D eigenvalue weighted by atomic mass is 9.74. The van der Waals surface area contributed by atoms with Gasteiger partial charge in [-0.15, -0.1) is 0 Å². The number of aliphatic carboxylic acids is 1. The Hall–Kier alpha value is -2.78. The molecule has 30 heavy (non-hydrogen) atoms. The predicted octanol–water partition coefficient (Wildman–Crippen LogP) is 3.62. The number of hydrogen-bond donors (Lipinski definition) is 4. The van der Waals surface area contributed by atoms with Crippen molar-refractivity contribution >= 4 is 34.4 Å². The van der Waals surface area contributed by atoms with Crippen molar-refractivity contribution in [1.29, 1.82) is 0 Å². The first kappa shape index (κ1) is 20.5. The normalized spacial score (nSPS) is 22.7. The number of fused-ring (bicyclic) bond motifs is 1. The third-order valence-corrected chi connectivity index (χ3v) is 5.97. The lowest BCUT2D eigenvalue weighted by molar-refractivity contribution is -0.153. The van der Waals surface area contributed by atoms with Crippen molar-refractivity contribution in [2.75, 3.05) is 5.32 Å². The van der Waals surface area contributed by atoms with Crippen LogP contribution in [-0.2, 0) is 4.79 Å². The minimum Gasteiger partial charge on any atom is -0.481 e. The molecular weight excluding hydrogens is 413 g/mol. The summed E-state index contributed by atoms with van der Waals surface area (Å²) in [6.07, 6.45) is 6.14. The van der Waals surface area contributed by atoms with Crippen molar-refractivity contribution in [3.05, 3.63) is 35.5 Å². The van der Waals surface area contributed by atoms with Crippen LogP contribution in [-0.4, -0.2) is 47.8 Å². The number of carboxylic acids is 1. The maximum Gasteiger partial charge on any atom is 0.309 e. The lowest BCUT2D eigenvalue weighted by Gasteiger charge is -2.39. The molecule has 10 heteroatoms. The largest absolute Gasteiger partial charge is 0.481 e. The van der Waals surface area contributed by atoms with Crippen molar-refractivity contribution < 1.29 is 19.4 Å².